The molecule has 2 aromatic carbocycles. The standard InChI is InChI=1S/C30H31N5O4/c1-29(2,3)39-28(37)32-30(14-7-15-30)21-12-10-20(11-13-21)26-22(19-8-5-4-6-9-19)16-23-27(31-26)38-18-25-34-33-24(17-36)35(23)25/h4-6,8-13,16,36H,7,14-15,17-18H2,1-3H3,(H,32,37). The number of fused-ring (bicyclic) bond motifs is 3. The van der Waals surface area contributed by atoms with E-state index in [9.17, 15) is 9.90 Å². The van der Waals surface area contributed by atoms with E-state index in [4.69, 9.17) is 14.5 Å². The summed E-state index contributed by atoms with van der Waals surface area (Å²) in [6.07, 6.45) is 2.36. The Morgan fingerprint density at radius 2 is 1.82 bits per heavy atom. The fourth-order valence-corrected chi connectivity index (χ4v) is 5.23. The fourth-order valence-electron chi connectivity index (χ4n) is 5.23. The van der Waals surface area contributed by atoms with Crippen LogP contribution in [-0.2, 0) is 23.5 Å². The number of carbonyl (C=O) groups excluding carboxylic acids is 1. The number of aliphatic hydroxyl groups excluding tert-OH is 1. The molecule has 0 atom stereocenters. The molecule has 6 rings (SSSR count). The zero-order chi connectivity index (χ0) is 27.2. The minimum absolute atomic E-state index is 0.217. The lowest BCUT2D eigenvalue weighted by molar-refractivity contribution is 0.0377. The lowest BCUT2D eigenvalue weighted by atomic mass is 9.71. The molecular formula is C30H31N5O4. The van der Waals surface area contributed by atoms with Gasteiger partial charge in [0, 0.05) is 11.1 Å². The number of aromatic nitrogens is 4. The third-order valence-electron chi connectivity index (χ3n) is 7.23. The Bertz CT molecular complexity index is 1510. The molecule has 2 aromatic heterocycles. The maximum absolute atomic E-state index is 12.6. The number of carbonyl (C=O) groups is 1. The molecule has 9 nitrogen and oxygen atoms in total. The Balaban J connectivity index is 1.40. The third-order valence-corrected chi connectivity index (χ3v) is 7.23. The Morgan fingerprint density at radius 3 is 2.46 bits per heavy atom. The Labute approximate surface area is 226 Å². The zero-order valence-corrected chi connectivity index (χ0v) is 22.3. The van der Waals surface area contributed by atoms with E-state index in [1.807, 2.05) is 73.9 Å². The molecule has 200 valence electrons. The first kappa shape index (κ1) is 25.1. The number of alkyl carbamates (subject to hydrolysis) is 1. The van der Waals surface area contributed by atoms with E-state index in [0.717, 1.165) is 47.2 Å². The van der Waals surface area contributed by atoms with E-state index in [-0.39, 0.29) is 13.2 Å². The Morgan fingerprint density at radius 1 is 1.08 bits per heavy atom. The summed E-state index contributed by atoms with van der Waals surface area (Å²) in [5.41, 5.74) is 4.37. The van der Waals surface area contributed by atoms with Crippen molar-refractivity contribution < 1.29 is 19.4 Å². The van der Waals surface area contributed by atoms with Crippen molar-refractivity contribution in [1.82, 2.24) is 25.1 Å². The molecule has 1 amide bonds. The number of hydrogen-bond acceptors (Lipinski definition) is 7. The average molecular weight is 526 g/mol. The lowest BCUT2D eigenvalue weighted by Gasteiger charge is -2.43. The van der Waals surface area contributed by atoms with Gasteiger partial charge in [-0.05, 0) is 57.2 Å². The smallest absolute Gasteiger partial charge is 0.408 e. The largest absolute Gasteiger partial charge is 0.468 e. The highest BCUT2D eigenvalue weighted by Crippen LogP contribution is 2.43. The molecule has 2 aliphatic rings. The highest BCUT2D eigenvalue weighted by molar-refractivity contribution is 5.83. The van der Waals surface area contributed by atoms with E-state index in [0.29, 0.717) is 23.2 Å². The first-order valence-electron chi connectivity index (χ1n) is 13.2. The number of aliphatic hydroxyl groups is 1. The molecule has 1 aliphatic carbocycles. The van der Waals surface area contributed by atoms with Crippen molar-refractivity contribution in [3.8, 4) is 34.0 Å². The van der Waals surface area contributed by atoms with Crippen molar-refractivity contribution >= 4 is 6.09 Å². The predicted octanol–water partition coefficient (Wildman–Crippen LogP) is 5.28. The Kier molecular flexibility index (Phi) is 6.10. The van der Waals surface area contributed by atoms with Gasteiger partial charge in [0.1, 0.15) is 17.9 Å². The number of hydrogen-bond donors (Lipinski definition) is 2. The van der Waals surface area contributed by atoms with Gasteiger partial charge < -0.3 is 19.9 Å². The van der Waals surface area contributed by atoms with Gasteiger partial charge in [0.05, 0.1) is 11.2 Å². The molecule has 2 N–H and O–H groups in total. The SMILES string of the molecule is CC(C)(C)OC(=O)NC1(c2ccc(-c3nc4c(cc3-c3ccccc3)-n3c(CO)nnc3CO4)cc2)CCC1. The molecule has 1 fully saturated rings. The van der Waals surface area contributed by atoms with Crippen LogP contribution in [0, 0.1) is 0 Å². The molecule has 9 heteroatoms. The van der Waals surface area contributed by atoms with Crippen molar-refractivity contribution in [2.75, 3.05) is 0 Å². The number of nitrogens with one attached hydrogen (secondary N) is 1. The summed E-state index contributed by atoms with van der Waals surface area (Å²) < 4.78 is 13.3. The third kappa shape index (κ3) is 4.63. The van der Waals surface area contributed by atoms with Gasteiger partial charge in [0.25, 0.3) is 0 Å². The monoisotopic (exact) mass is 525 g/mol. The number of rotatable bonds is 5. The van der Waals surface area contributed by atoms with Gasteiger partial charge in [0.2, 0.25) is 5.88 Å². The Hall–Kier alpha value is -4.24. The van der Waals surface area contributed by atoms with Crippen LogP contribution in [-0.4, -0.2) is 36.5 Å². The highest BCUT2D eigenvalue weighted by Gasteiger charge is 2.41. The summed E-state index contributed by atoms with van der Waals surface area (Å²) in [5.74, 6) is 1.52. The van der Waals surface area contributed by atoms with Crippen LogP contribution in [0.4, 0.5) is 4.79 Å². The van der Waals surface area contributed by atoms with Crippen LogP contribution in [0.15, 0.2) is 60.7 Å². The van der Waals surface area contributed by atoms with Crippen LogP contribution in [0.1, 0.15) is 57.2 Å². The quantitative estimate of drug-likeness (QED) is 0.364. The second-order valence-electron chi connectivity index (χ2n) is 11.0. The summed E-state index contributed by atoms with van der Waals surface area (Å²) in [5, 5.41) is 21.2. The molecule has 0 radical (unpaired) electrons. The van der Waals surface area contributed by atoms with E-state index in [1.165, 1.54) is 0 Å². The molecule has 0 bridgehead atoms. The summed E-state index contributed by atoms with van der Waals surface area (Å²) in [6.45, 7) is 5.57. The normalized spacial score (nSPS) is 15.4. The highest BCUT2D eigenvalue weighted by atomic mass is 16.6. The van der Waals surface area contributed by atoms with Crippen LogP contribution in [0.25, 0.3) is 28.1 Å². The number of ether oxygens (including phenoxy) is 2. The number of benzene rings is 2. The van der Waals surface area contributed by atoms with Crippen molar-refractivity contribution in [1.29, 1.82) is 0 Å². The molecule has 4 aromatic rings. The molecule has 1 saturated carbocycles. The molecule has 39 heavy (non-hydrogen) atoms. The number of nitrogens with zero attached hydrogens (tertiary/aromatic N) is 4. The summed E-state index contributed by atoms with van der Waals surface area (Å²) in [6, 6.07) is 20.3. The van der Waals surface area contributed by atoms with Crippen LogP contribution in [0.2, 0.25) is 0 Å². The predicted molar refractivity (Wildman–Crippen MR) is 145 cm³/mol. The van der Waals surface area contributed by atoms with Crippen molar-refractivity contribution in [3.63, 3.8) is 0 Å². The van der Waals surface area contributed by atoms with Gasteiger partial charge in [-0.15, -0.1) is 10.2 Å². The van der Waals surface area contributed by atoms with Crippen LogP contribution in [0.3, 0.4) is 0 Å². The first-order valence-corrected chi connectivity index (χ1v) is 13.2. The van der Waals surface area contributed by atoms with E-state index in [1.54, 1.807) is 0 Å². The van der Waals surface area contributed by atoms with E-state index < -0.39 is 17.2 Å². The lowest BCUT2D eigenvalue weighted by Crippen LogP contribution is -2.52. The summed E-state index contributed by atoms with van der Waals surface area (Å²) >= 11 is 0. The molecule has 0 saturated heterocycles. The van der Waals surface area contributed by atoms with Gasteiger partial charge >= 0.3 is 6.09 Å². The van der Waals surface area contributed by atoms with E-state index >= 15 is 0 Å². The maximum Gasteiger partial charge on any atom is 0.408 e. The van der Waals surface area contributed by atoms with Gasteiger partial charge in [-0.2, -0.15) is 0 Å². The average Bonchev–Trinajstić information content (AvgIpc) is 3.33. The topological polar surface area (TPSA) is 111 Å². The molecule has 1 aliphatic heterocycles. The zero-order valence-electron chi connectivity index (χ0n) is 22.3. The number of amides is 1. The van der Waals surface area contributed by atoms with Crippen molar-refractivity contribution in [2.45, 2.75) is 64.4 Å². The van der Waals surface area contributed by atoms with Gasteiger partial charge in [-0.1, -0.05) is 54.6 Å². The van der Waals surface area contributed by atoms with Crippen molar-refractivity contribution in [2.24, 2.45) is 0 Å². The van der Waals surface area contributed by atoms with E-state index in [2.05, 4.69) is 27.6 Å². The number of pyridine rings is 1. The molecule has 3 heterocycles. The first-order chi connectivity index (χ1) is 18.8. The van der Waals surface area contributed by atoms with Gasteiger partial charge in [-0.25, -0.2) is 9.78 Å². The van der Waals surface area contributed by atoms with Crippen LogP contribution < -0.4 is 10.1 Å². The van der Waals surface area contributed by atoms with Crippen LogP contribution in [0.5, 0.6) is 5.88 Å². The summed E-state index contributed by atoms with van der Waals surface area (Å²) in [4.78, 5) is 17.6. The molecule has 0 spiro atoms. The molecular weight excluding hydrogens is 494 g/mol. The molecule has 0 unspecified atom stereocenters. The second-order valence-corrected chi connectivity index (χ2v) is 11.0. The van der Waals surface area contributed by atoms with Gasteiger partial charge in [-0.3, -0.25) is 4.57 Å². The minimum Gasteiger partial charge on any atom is -0.468 e. The minimum atomic E-state index is -0.557. The second kappa shape index (κ2) is 9.50. The summed E-state index contributed by atoms with van der Waals surface area (Å²) in [7, 11) is 0. The maximum atomic E-state index is 12.6. The van der Waals surface area contributed by atoms with Crippen molar-refractivity contribution in [3.05, 3.63) is 77.9 Å². The van der Waals surface area contributed by atoms with Crippen LogP contribution >= 0.6 is 0 Å². The van der Waals surface area contributed by atoms with Gasteiger partial charge in [0.15, 0.2) is 18.3 Å². The fraction of sp³-hybridized carbons (Fsp3) is 0.333.